The summed E-state index contributed by atoms with van der Waals surface area (Å²) in [6.45, 7) is 4.64. The normalized spacial score (nSPS) is 18.6. The number of hydrogen-bond acceptors (Lipinski definition) is 1. The highest BCUT2D eigenvalue weighted by Gasteiger charge is 2.25. The summed E-state index contributed by atoms with van der Waals surface area (Å²) in [4.78, 5) is 0. The topological polar surface area (TPSA) is 12.0 Å². The third kappa shape index (κ3) is 4.81. The van der Waals surface area contributed by atoms with Crippen LogP contribution in [0.4, 0.5) is 0 Å². The van der Waals surface area contributed by atoms with Crippen LogP contribution in [0, 0.1) is 5.92 Å². The molecule has 0 radical (unpaired) electrons. The first kappa shape index (κ1) is 13.6. The van der Waals surface area contributed by atoms with Crippen molar-refractivity contribution in [3.63, 3.8) is 0 Å². The van der Waals surface area contributed by atoms with Crippen molar-refractivity contribution < 1.29 is 0 Å². The Balaban J connectivity index is 1.68. The van der Waals surface area contributed by atoms with Gasteiger partial charge in [-0.15, -0.1) is 0 Å². The van der Waals surface area contributed by atoms with Crippen molar-refractivity contribution in [3.05, 3.63) is 35.9 Å². The van der Waals surface area contributed by atoms with Crippen molar-refractivity contribution in [2.24, 2.45) is 5.92 Å². The van der Waals surface area contributed by atoms with E-state index in [1.165, 1.54) is 44.1 Å². The van der Waals surface area contributed by atoms with Gasteiger partial charge in [0, 0.05) is 12.1 Å². The van der Waals surface area contributed by atoms with E-state index in [0.29, 0.717) is 6.04 Å². The molecular weight excluding hydrogens is 218 g/mol. The molecular formula is C17H27N. The molecule has 1 saturated carbocycles. The second kappa shape index (κ2) is 6.94. The van der Waals surface area contributed by atoms with Crippen molar-refractivity contribution in [1.29, 1.82) is 0 Å². The molecule has 0 amide bonds. The van der Waals surface area contributed by atoms with Gasteiger partial charge in [-0.3, -0.25) is 0 Å². The summed E-state index contributed by atoms with van der Waals surface area (Å²) in [5.74, 6) is 1.03. The van der Waals surface area contributed by atoms with E-state index in [4.69, 9.17) is 0 Å². The van der Waals surface area contributed by atoms with Crippen LogP contribution in [0.5, 0.6) is 0 Å². The Bertz CT molecular complexity index is 329. The molecule has 1 nitrogen and oxygen atoms in total. The van der Waals surface area contributed by atoms with Crippen LogP contribution in [0.25, 0.3) is 0 Å². The number of aryl methyl sites for hydroxylation is 1. The second-order valence-electron chi connectivity index (χ2n) is 5.88. The standard InChI is InChI=1S/C17H27N/c1-3-17(13-16-11-12-16)18-14(2)9-10-15-7-5-4-6-8-15/h4-8,14,16-18H,3,9-13H2,1-2H3. The van der Waals surface area contributed by atoms with Crippen LogP contribution in [0.15, 0.2) is 30.3 Å². The van der Waals surface area contributed by atoms with Gasteiger partial charge >= 0.3 is 0 Å². The van der Waals surface area contributed by atoms with Gasteiger partial charge in [-0.1, -0.05) is 50.1 Å². The zero-order valence-electron chi connectivity index (χ0n) is 11.9. The lowest BCUT2D eigenvalue weighted by molar-refractivity contribution is 0.386. The molecule has 100 valence electrons. The van der Waals surface area contributed by atoms with E-state index in [2.05, 4.69) is 49.5 Å². The molecule has 2 unspecified atom stereocenters. The van der Waals surface area contributed by atoms with Gasteiger partial charge in [0.2, 0.25) is 0 Å². The first-order valence-corrected chi connectivity index (χ1v) is 7.58. The Morgan fingerprint density at radius 3 is 2.56 bits per heavy atom. The largest absolute Gasteiger partial charge is 0.311 e. The van der Waals surface area contributed by atoms with Gasteiger partial charge in [0.15, 0.2) is 0 Å². The summed E-state index contributed by atoms with van der Waals surface area (Å²) in [6.07, 6.45) is 8.03. The fourth-order valence-electron chi connectivity index (χ4n) is 2.62. The first-order chi connectivity index (χ1) is 8.78. The maximum absolute atomic E-state index is 3.81. The highest BCUT2D eigenvalue weighted by molar-refractivity contribution is 5.14. The fraction of sp³-hybridized carbons (Fsp3) is 0.647. The van der Waals surface area contributed by atoms with Gasteiger partial charge < -0.3 is 5.32 Å². The third-order valence-electron chi connectivity index (χ3n) is 4.04. The van der Waals surface area contributed by atoms with Gasteiger partial charge in [-0.2, -0.15) is 0 Å². The summed E-state index contributed by atoms with van der Waals surface area (Å²) in [5.41, 5.74) is 1.46. The maximum atomic E-state index is 3.81. The lowest BCUT2D eigenvalue weighted by atomic mass is 10.0. The monoisotopic (exact) mass is 245 g/mol. The van der Waals surface area contributed by atoms with Crippen molar-refractivity contribution in [2.45, 2.75) is 64.5 Å². The van der Waals surface area contributed by atoms with E-state index < -0.39 is 0 Å². The van der Waals surface area contributed by atoms with Crippen molar-refractivity contribution in [2.75, 3.05) is 0 Å². The van der Waals surface area contributed by atoms with E-state index in [9.17, 15) is 0 Å². The van der Waals surface area contributed by atoms with Crippen LogP contribution in [-0.4, -0.2) is 12.1 Å². The van der Waals surface area contributed by atoms with Gasteiger partial charge in [0.25, 0.3) is 0 Å². The number of rotatable bonds is 8. The van der Waals surface area contributed by atoms with Crippen LogP contribution < -0.4 is 5.32 Å². The average Bonchev–Trinajstić information content (AvgIpc) is 3.21. The Hall–Kier alpha value is -0.820. The highest BCUT2D eigenvalue weighted by atomic mass is 14.9. The van der Waals surface area contributed by atoms with Crippen molar-refractivity contribution >= 4 is 0 Å². The summed E-state index contributed by atoms with van der Waals surface area (Å²) < 4.78 is 0. The van der Waals surface area contributed by atoms with Crippen LogP contribution in [0.3, 0.4) is 0 Å². The summed E-state index contributed by atoms with van der Waals surface area (Å²) >= 11 is 0. The molecule has 1 fully saturated rings. The van der Waals surface area contributed by atoms with Gasteiger partial charge in [-0.05, 0) is 44.1 Å². The summed E-state index contributed by atoms with van der Waals surface area (Å²) in [5, 5.41) is 3.81. The lowest BCUT2D eigenvalue weighted by Crippen LogP contribution is -2.36. The minimum Gasteiger partial charge on any atom is -0.311 e. The molecule has 2 rings (SSSR count). The minimum atomic E-state index is 0.633. The Morgan fingerprint density at radius 2 is 1.94 bits per heavy atom. The second-order valence-corrected chi connectivity index (χ2v) is 5.88. The molecule has 0 aromatic heterocycles. The number of nitrogens with one attached hydrogen (secondary N) is 1. The highest BCUT2D eigenvalue weighted by Crippen LogP contribution is 2.34. The molecule has 1 N–H and O–H groups in total. The van der Waals surface area contributed by atoms with Gasteiger partial charge in [0.1, 0.15) is 0 Å². The Morgan fingerprint density at radius 1 is 1.22 bits per heavy atom. The zero-order valence-corrected chi connectivity index (χ0v) is 11.9. The quantitative estimate of drug-likeness (QED) is 0.724. The predicted octanol–water partition coefficient (Wildman–Crippen LogP) is 4.18. The Labute approximate surface area is 112 Å². The molecule has 1 aliphatic rings. The van der Waals surface area contributed by atoms with Gasteiger partial charge in [-0.25, -0.2) is 0 Å². The molecule has 0 spiro atoms. The van der Waals surface area contributed by atoms with Crippen LogP contribution >= 0.6 is 0 Å². The molecule has 1 aromatic carbocycles. The first-order valence-electron chi connectivity index (χ1n) is 7.58. The molecule has 1 aliphatic carbocycles. The zero-order chi connectivity index (χ0) is 12.8. The fourth-order valence-corrected chi connectivity index (χ4v) is 2.62. The van der Waals surface area contributed by atoms with E-state index in [1.54, 1.807) is 0 Å². The smallest absolute Gasteiger partial charge is 0.00695 e. The van der Waals surface area contributed by atoms with Crippen LogP contribution in [-0.2, 0) is 6.42 Å². The predicted molar refractivity (Wildman–Crippen MR) is 78.8 cm³/mol. The number of hydrogen-bond donors (Lipinski definition) is 1. The minimum absolute atomic E-state index is 0.633. The van der Waals surface area contributed by atoms with Crippen LogP contribution in [0.2, 0.25) is 0 Å². The molecule has 18 heavy (non-hydrogen) atoms. The molecule has 1 aromatic rings. The summed E-state index contributed by atoms with van der Waals surface area (Å²) in [6, 6.07) is 12.2. The SMILES string of the molecule is CCC(CC1CC1)NC(C)CCc1ccccc1. The Kier molecular flexibility index (Phi) is 5.25. The van der Waals surface area contributed by atoms with Crippen molar-refractivity contribution in [3.8, 4) is 0 Å². The molecule has 0 heterocycles. The van der Waals surface area contributed by atoms with E-state index in [1.807, 2.05) is 0 Å². The van der Waals surface area contributed by atoms with Crippen LogP contribution in [0.1, 0.15) is 51.5 Å². The molecule has 0 aliphatic heterocycles. The van der Waals surface area contributed by atoms with E-state index in [-0.39, 0.29) is 0 Å². The molecule has 0 saturated heterocycles. The maximum Gasteiger partial charge on any atom is 0.00695 e. The molecule has 1 heteroatoms. The van der Waals surface area contributed by atoms with Crippen molar-refractivity contribution in [1.82, 2.24) is 5.32 Å². The third-order valence-corrected chi connectivity index (χ3v) is 4.04. The number of benzene rings is 1. The van der Waals surface area contributed by atoms with E-state index >= 15 is 0 Å². The summed E-state index contributed by atoms with van der Waals surface area (Å²) in [7, 11) is 0. The van der Waals surface area contributed by atoms with E-state index in [0.717, 1.165) is 12.0 Å². The molecule has 2 atom stereocenters. The lowest BCUT2D eigenvalue weighted by Gasteiger charge is -2.22. The average molecular weight is 245 g/mol. The molecule has 0 bridgehead atoms. The van der Waals surface area contributed by atoms with Gasteiger partial charge in [0.05, 0.1) is 0 Å².